The summed E-state index contributed by atoms with van der Waals surface area (Å²) in [5.74, 6) is 0.885. The summed E-state index contributed by atoms with van der Waals surface area (Å²) in [4.78, 5) is 0. The van der Waals surface area contributed by atoms with E-state index in [2.05, 4.69) is 45.0 Å². The summed E-state index contributed by atoms with van der Waals surface area (Å²) in [5, 5.41) is 20.9. The Morgan fingerprint density at radius 2 is 1.44 bits per heavy atom. The normalized spacial score (nSPS) is 17.1. The van der Waals surface area contributed by atoms with Gasteiger partial charge in [0, 0.05) is 10.8 Å². The minimum Gasteiger partial charge on any atom is -0.395 e. The quantitative estimate of drug-likeness (QED) is 0.394. The second-order valence-electron chi connectivity index (χ2n) is 7.94. The molecule has 0 heterocycles. The SMILES string of the molecule is CCCC(C)(c1ccccc1)C(O)SCCCC(C)(CO)c1ccccc1. The average molecular weight is 387 g/mol. The Morgan fingerprint density at radius 1 is 0.889 bits per heavy atom. The summed E-state index contributed by atoms with van der Waals surface area (Å²) in [6.45, 7) is 6.60. The monoisotopic (exact) mass is 386 g/mol. The molecule has 3 atom stereocenters. The van der Waals surface area contributed by atoms with Crippen molar-refractivity contribution in [3.05, 3.63) is 71.8 Å². The van der Waals surface area contributed by atoms with Gasteiger partial charge in [-0.3, -0.25) is 0 Å². The molecule has 0 aliphatic heterocycles. The van der Waals surface area contributed by atoms with Crippen molar-refractivity contribution in [2.24, 2.45) is 0 Å². The van der Waals surface area contributed by atoms with Crippen LogP contribution in [0, 0.1) is 0 Å². The van der Waals surface area contributed by atoms with Crippen LogP contribution in [0.15, 0.2) is 60.7 Å². The molecular weight excluding hydrogens is 352 g/mol. The van der Waals surface area contributed by atoms with Gasteiger partial charge in [-0.1, -0.05) is 87.9 Å². The third-order valence-corrected chi connectivity index (χ3v) is 7.08. The highest BCUT2D eigenvalue weighted by molar-refractivity contribution is 7.99. The van der Waals surface area contributed by atoms with Crippen LogP contribution >= 0.6 is 11.8 Å². The lowest BCUT2D eigenvalue weighted by Crippen LogP contribution is -2.35. The summed E-state index contributed by atoms with van der Waals surface area (Å²) in [5.41, 5.74) is 1.49. The van der Waals surface area contributed by atoms with Crippen LogP contribution in [0.3, 0.4) is 0 Å². The summed E-state index contributed by atoms with van der Waals surface area (Å²) in [6.07, 6.45) is 3.87. The summed E-state index contributed by atoms with van der Waals surface area (Å²) in [7, 11) is 0. The van der Waals surface area contributed by atoms with Crippen LogP contribution in [0.1, 0.15) is 57.6 Å². The van der Waals surface area contributed by atoms with Crippen LogP contribution in [0.5, 0.6) is 0 Å². The highest BCUT2D eigenvalue weighted by atomic mass is 32.2. The molecule has 0 aromatic heterocycles. The zero-order valence-corrected chi connectivity index (χ0v) is 17.7. The van der Waals surface area contributed by atoms with Gasteiger partial charge >= 0.3 is 0 Å². The maximum Gasteiger partial charge on any atom is 0.109 e. The van der Waals surface area contributed by atoms with E-state index in [1.54, 1.807) is 11.8 Å². The largest absolute Gasteiger partial charge is 0.395 e. The maximum atomic E-state index is 11.0. The van der Waals surface area contributed by atoms with Gasteiger partial charge in [0.15, 0.2) is 0 Å². The molecule has 3 heteroatoms. The second-order valence-corrected chi connectivity index (χ2v) is 9.13. The Hall–Kier alpha value is -1.29. The second kappa shape index (κ2) is 10.3. The van der Waals surface area contributed by atoms with Gasteiger partial charge in [0.05, 0.1) is 6.61 Å². The Labute approximate surface area is 169 Å². The standard InChI is InChI=1S/C24H34O2S/c1-4-16-24(3,21-14-9-6-10-15-21)22(26)27-18-11-17-23(2,19-25)20-12-7-5-8-13-20/h5-10,12-15,22,25-26H,4,11,16-19H2,1-3H3. The lowest BCUT2D eigenvalue weighted by Gasteiger charge is -2.35. The molecule has 0 spiro atoms. The van der Waals surface area contributed by atoms with Crippen molar-refractivity contribution in [3.63, 3.8) is 0 Å². The van der Waals surface area contributed by atoms with Gasteiger partial charge in [-0.25, -0.2) is 0 Å². The molecule has 2 rings (SSSR count). The van der Waals surface area contributed by atoms with Gasteiger partial charge in [-0.2, -0.15) is 0 Å². The predicted molar refractivity (Wildman–Crippen MR) is 117 cm³/mol. The van der Waals surface area contributed by atoms with E-state index in [-0.39, 0.29) is 17.4 Å². The Bertz CT molecular complexity index is 661. The Balaban J connectivity index is 1.95. The summed E-state index contributed by atoms with van der Waals surface area (Å²) in [6, 6.07) is 20.6. The van der Waals surface area contributed by atoms with Crippen molar-refractivity contribution in [1.29, 1.82) is 0 Å². The van der Waals surface area contributed by atoms with Gasteiger partial charge in [0.2, 0.25) is 0 Å². The molecule has 27 heavy (non-hydrogen) atoms. The van der Waals surface area contributed by atoms with E-state index < -0.39 is 5.44 Å². The average Bonchev–Trinajstić information content (AvgIpc) is 2.72. The first-order valence-electron chi connectivity index (χ1n) is 9.98. The van der Waals surface area contributed by atoms with Crippen LogP contribution in [0.25, 0.3) is 0 Å². The minimum atomic E-state index is -0.433. The van der Waals surface area contributed by atoms with Gasteiger partial charge in [0.25, 0.3) is 0 Å². The number of hydrogen-bond acceptors (Lipinski definition) is 3. The smallest absolute Gasteiger partial charge is 0.109 e. The molecule has 0 amide bonds. The van der Waals surface area contributed by atoms with Crippen molar-refractivity contribution in [1.82, 2.24) is 0 Å². The number of aliphatic hydroxyl groups is 2. The topological polar surface area (TPSA) is 40.5 Å². The maximum absolute atomic E-state index is 11.0. The van der Waals surface area contributed by atoms with Gasteiger partial charge in [-0.05, 0) is 36.1 Å². The molecular formula is C24H34O2S. The summed E-state index contributed by atoms with van der Waals surface area (Å²) >= 11 is 1.64. The molecule has 148 valence electrons. The van der Waals surface area contributed by atoms with Crippen molar-refractivity contribution >= 4 is 11.8 Å². The molecule has 0 saturated heterocycles. The molecule has 0 aliphatic carbocycles. The van der Waals surface area contributed by atoms with Crippen LogP contribution in [0.2, 0.25) is 0 Å². The first-order chi connectivity index (χ1) is 13.0. The van der Waals surface area contributed by atoms with Crippen molar-refractivity contribution in [3.8, 4) is 0 Å². The fourth-order valence-corrected chi connectivity index (χ4v) is 4.90. The highest BCUT2D eigenvalue weighted by Crippen LogP contribution is 2.38. The third kappa shape index (κ3) is 5.60. The van der Waals surface area contributed by atoms with E-state index in [4.69, 9.17) is 0 Å². The minimum absolute atomic E-state index is 0.141. The third-order valence-electron chi connectivity index (χ3n) is 5.72. The van der Waals surface area contributed by atoms with E-state index in [0.717, 1.165) is 31.4 Å². The Kier molecular flexibility index (Phi) is 8.40. The fraction of sp³-hybridized carbons (Fsp3) is 0.500. The van der Waals surface area contributed by atoms with Crippen LogP contribution in [-0.2, 0) is 10.8 Å². The molecule has 0 saturated carbocycles. The Morgan fingerprint density at radius 3 is 1.96 bits per heavy atom. The van der Waals surface area contributed by atoms with E-state index in [1.807, 2.05) is 36.4 Å². The van der Waals surface area contributed by atoms with E-state index in [1.165, 1.54) is 11.1 Å². The van der Waals surface area contributed by atoms with Crippen molar-refractivity contribution < 1.29 is 10.2 Å². The predicted octanol–water partition coefficient (Wildman–Crippen LogP) is 5.53. The zero-order valence-electron chi connectivity index (χ0n) is 16.9. The molecule has 0 radical (unpaired) electrons. The van der Waals surface area contributed by atoms with E-state index in [9.17, 15) is 10.2 Å². The number of aliphatic hydroxyl groups excluding tert-OH is 2. The summed E-state index contributed by atoms with van der Waals surface area (Å²) < 4.78 is 0. The molecule has 2 nitrogen and oxygen atoms in total. The molecule has 2 N–H and O–H groups in total. The zero-order chi connectivity index (χ0) is 19.8. The van der Waals surface area contributed by atoms with Crippen LogP contribution in [-0.4, -0.2) is 28.0 Å². The molecule has 0 bridgehead atoms. The number of rotatable bonds is 11. The highest BCUT2D eigenvalue weighted by Gasteiger charge is 2.34. The van der Waals surface area contributed by atoms with Crippen LogP contribution in [0.4, 0.5) is 0 Å². The number of thioether (sulfide) groups is 1. The first-order valence-corrected chi connectivity index (χ1v) is 11.0. The lowest BCUT2D eigenvalue weighted by atomic mass is 9.79. The molecule has 0 aliphatic rings. The number of hydrogen-bond donors (Lipinski definition) is 2. The fourth-order valence-electron chi connectivity index (χ4n) is 3.75. The van der Waals surface area contributed by atoms with Crippen molar-refractivity contribution in [2.45, 2.75) is 62.7 Å². The molecule has 2 aromatic rings. The molecule has 2 aromatic carbocycles. The van der Waals surface area contributed by atoms with Crippen molar-refractivity contribution in [2.75, 3.05) is 12.4 Å². The molecule has 3 unspecified atom stereocenters. The first kappa shape index (κ1) is 22.0. The van der Waals surface area contributed by atoms with Gasteiger partial charge < -0.3 is 10.2 Å². The molecule has 0 fully saturated rings. The lowest BCUT2D eigenvalue weighted by molar-refractivity contribution is 0.162. The van der Waals surface area contributed by atoms with Gasteiger partial charge in [-0.15, -0.1) is 11.8 Å². The van der Waals surface area contributed by atoms with Crippen LogP contribution < -0.4 is 0 Å². The number of benzene rings is 2. The van der Waals surface area contributed by atoms with E-state index in [0.29, 0.717) is 0 Å². The van der Waals surface area contributed by atoms with Gasteiger partial charge in [0.1, 0.15) is 5.44 Å². The van der Waals surface area contributed by atoms with E-state index >= 15 is 0 Å².